The second kappa shape index (κ2) is 6.05. The first kappa shape index (κ1) is 18.0. The molecule has 1 atom stereocenters. The number of anilines is 1. The lowest BCUT2D eigenvalue weighted by Crippen LogP contribution is -2.46. The molecule has 4 rings (SSSR count). The summed E-state index contributed by atoms with van der Waals surface area (Å²) in [5.74, 6) is -1.86. The molecule has 2 heterocycles. The highest BCUT2D eigenvalue weighted by Crippen LogP contribution is 2.40. The van der Waals surface area contributed by atoms with E-state index in [2.05, 4.69) is 0 Å². The van der Waals surface area contributed by atoms with Gasteiger partial charge in [0.2, 0.25) is 5.43 Å². The van der Waals surface area contributed by atoms with Crippen molar-refractivity contribution in [1.29, 1.82) is 0 Å². The highest BCUT2D eigenvalue weighted by atomic mass is 19.1. The van der Waals surface area contributed by atoms with E-state index in [0.29, 0.717) is 36.3 Å². The van der Waals surface area contributed by atoms with Gasteiger partial charge in [-0.1, -0.05) is 0 Å². The third-order valence-electron chi connectivity index (χ3n) is 5.64. The van der Waals surface area contributed by atoms with Crippen LogP contribution in [0.2, 0.25) is 0 Å². The van der Waals surface area contributed by atoms with E-state index in [0.717, 1.165) is 25.3 Å². The molecule has 0 spiro atoms. The van der Waals surface area contributed by atoms with E-state index in [1.807, 2.05) is 9.47 Å². The second-order valence-electron chi connectivity index (χ2n) is 8.07. The number of carboxylic acids is 1. The van der Waals surface area contributed by atoms with Gasteiger partial charge in [-0.3, -0.25) is 4.79 Å². The Hall–Kier alpha value is -2.41. The molecule has 1 aliphatic carbocycles. The van der Waals surface area contributed by atoms with Gasteiger partial charge in [0.05, 0.1) is 16.8 Å². The van der Waals surface area contributed by atoms with Crippen LogP contribution in [0.5, 0.6) is 0 Å². The number of aromatic carboxylic acids is 1. The fraction of sp³-hybridized carbons (Fsp3) is 0.500. The molecule has 1 unspecified atom stereocenters. The number of nitrogens with zero attached hydrogens (tertiary/aromatic N) is 2. The number of benzene rings is 1. The Morgan fingerprint density at radius 1 is 1.37 bits per heavy atom. The van der Waals surface area contributed by atoms with Crippen LogP contribution in [0.3, 0.4) is 0 Å². The number of hydrogen-bond acceptors (Lipinski definition) is 4. The first-order chi connectivity index (χ1) is 12.7. The molecule has 1 saturated heterocycles. The molecular weight excluding hydrogens is 351 g/mol. The number of aromatic nitrogens is 1. The zero-order valence-corrected chi connectivity index (χ0v) is 15.5. The van der Waals surface area contributed by atoms with Crippen molar-refractivity contribution in [3.05, 3.63) is 39.4 Å². The first-order valence-corrected chi connectivity index (χ1v) is 9.28. The zero-order chi connectivity index (χ0) is 19.5. The SMILES string of the molecule is Cc1c(N2CCCC(C)(O)C2)c(F)cc2c(=O)c(C(=O)O)cn(C3CC3)c12. The van der Waals surface area contributed by atoms with E-state index < -0.39 is 22.8 Å². The van der Waals surface area contributed by atoms with Gasteiger partial charge in [0.15, 0.2) is 0 Å². The summed E-state index contributed by atoms with van der Waals surface area (Å²) in [6, 6.07) is 1.29. The van der Waals surface area contributed by atoms with Gasteiger partial charge in [-0.25, -0.2) is 9.18 Å². The van der Waals surface area contributed by atoms with Crippen LogP contribution in [0.25, 0.3) is 10.9 Å². The van der Waals surface area contributed by atoms with Crippen LogP contribution in [0.4, 0.5) is 10.1 Å². The summed E-state index contributed by atoms with van der Waals surface area (Å²) in [6.45, 7) is 4.45. The summed E-state index contributed by atoms with van der Waals surface area (Å²) >= 11 is 0. The maximum absolute atomic E-state index is 15.1. The molecule has 0 amide bonds. The fourth-order valence-corrected chi connectivity index (χ4v) is 4.26. The highest BCUT2D eigenvalue weighted by Gasteiger charge is 2.33. The van der Waals surface area contributed by atoms with E-state index in [4.69, 9.17) is 0 Å². The third kappa shape index (κ3) is 3.00. The largest absolute Gasteiger partial charge is 0.477 e. The fourth-order valence-electron chi connectivity index (χ4n) is 4.26. The van der Waals surface area contributed by atoms with Crippen molar-refractivity contribution in [3.63, 3.8) is 0 Å². The number of rotatable bonds is 3. The average molecular weight is 374 g/mol. The number of pyridine rings is 1. The minimum Gasteiger partial charge on any atom is -0.477 e. The van der Waals surface area contributed by atoms with Crippen molar-refractivity contribution in [2.75, 3.05) is 18.0 Å². The molecular formula is C20H23FN2O4. The van der Waals surface area contributed by atoms with E-state index in [1.165, 1.54) is 6.20 Å². The van der Waals surface area contributed by atoms with Crippen molar-refractivity contribution in [2.45, 2.75) is 51.2 Å². The van der Waals surface area contributed by atoms with E-state index in [1.54, 1.807) is 13.8 Å². The monoisotopic (exact) mass is 374 g/mol. The molecule has 2 fully saturated rings. The lowest BCUT2D eigenvalue weighted by Gasteiger charge is -2.39. The molecule has 2 aliphatic rings. The summed E-state index contributed by atoms with van der Waals surface area (Å²) in [5.41, 5.74) is -0.289. The van der Waals surface area contributed by atoms with Crippen LogP contribution in [0.15, 0.2) is 17.1 Å². The summed E-state index contributed by atoms with van der Waals surface area (Å²) in [5, 5.41) is 19.9. The van der Waals surface area contributed by atoms with E-state index >= 15 is 4.39 Å². The lowest BCUT2D eigenvalue weighted by atomic mass is 9.93. The Morgan fingerprint density at radius 3 is 2.67 bits per heavy atom. The molecule has 144 valence electrons. The predicted molar refractivity (Wildman–Crippen MR) is 100 cm³/mol. The number of carboxylic acid groups (broad SMARTS) is 1. The Labute approximate surface area is 155 Å². The Morgan fingerprint density at radius 2 is 2.07 bits per heavy atom. The minimum atomic E-state index is -1.30. The van der Waals surface area contributed by atoms with Crippen molar-refractivity contribution < 1.29 is 19.4 Å². The molecule has 1 aromatic heterocycles. The van der Waals surface area contributed by atoms with Crippen LogP contribution in [0, 0.1) is 12.7 Å². The summed E-state index contributed by atoms with van der Waals surface area (Å²) in [7, 11) is 0. The number of hydrogen-bond donors (Lipinski definition) is 2. The van der Waals surface area contributed by atoms with Gasteiger partial charge < -0.3 is 19.7 Å². The van der Waals surface area contributed by atoms with Gasteiger partial charge in [-0.05, 0) is 51.2 Å². The molecule has 6 nitrogen and oxygen atoms in total. The lowest BCUT2D eigenvalue weighted by molar-refractivity contribution is 0.0447. The Bertz CT molecular complexity index is 1010. The van der Waals surface area contributed by atoms with Crippen LogP contribution in [0.1, 0.15) is 54.6 Å². The van der Waals surface area contributed by atoms with Crippen LogP contribution >= 0.6 is 0 Å². The normalized spacial score (nSPS) is 23.0. The molecule has 1 aliphatic heterocycles. The number of aryl methyl sites for hydroxylation is 1. The third-order valence-corrected chi connectivity index (χ3v) is 5.64. The standard InChI is InChI=1S/C20H23FN2O4/c1-11-16-13(18(24)14(19(25)26)9-23(16)12-4-5-12)8-15(21)17(11)22-7-3-6-20(2,27)10-22/h8-9,12,27H,3-7,10H2,1-2H3,(H,25,26). The minimum absolute atomic E-state index is 0.101. The van der Waals surface area contributed by atoms with Crippen molar-refractivity contribution >= 4 is 22.6 Å². The Balaban J connectivity index is 1.98. The summed E-state index contributed by atoms with van der Waals surface area (Å²) in [6.07, 6.45) is 4.61. The first-order valence-electron chi connectivity index (χ1n) is 9.28. The van der Waals surface area contributed by atoms with Crippen LogP contribution in [-0.2, 0) is 0 Å². The topological polar surface area (TPSA) is 82.8 Å². The quantitative estimate of drug-likeness (QED) is 0.863. The van der Waals surface area contributed by atoms with Crippen LogP contribution in [-0.4, -0.2) is 39.4 Å². The van der Waals surface area contributed by atoms with Gasteiger partial charge in [-0.2, -0.15) is 0 Å². The summed E-state index contributed by atoms with van der Waals surface area (Å²) in [4.78, 5) is 26.0. The van der Waals surface area contributed by atoms with Crippen molar-refractivity contribution in [2.24, 2.45) is 0 Å². The molecule has 0 bridgehead atoms. The smallest absolute Gasteiger partial charge is 0.341 e. The van der Waals surface area contributed by atoms with Gasteiger partial charge in [0, 0.05) is 30.7 Å². The molecule has 2 aromatic rings. The Kier molecular flexibility index (Phi) is 4.03. The number of aliphatic hydroxyl groups is 1. The van der Waals surface area contributed by atoms with Gasteiger partial charge in [-0.15, -0.1) is 0 Å². The summed E-state index contributed by atoms with van der Waals surface area (Å²) < 4.78 is 16.9. The van der Waals surface area contributed by atoms with E-state index in [-0.39, 0.29) is 17.0 Å². The van der Waals surface area contributed by atoms with Gasteiger partial charge >= 0.3 is 5.97 Å². The van der Waals surface area contributed by atoms with Crippen molar-refractivity contribution in [3.8, 4) is 0 Å². The predicted octanol–water partition coefficient (Wildman–Crippen LogP) is 2.83. The number of halogens is 1. The number of fused-ring (bicyclic) bond motifs is 1. The molecule has 7 heteroatoms. The number of β-amino-alcohol motifs (C(OH)–C–C–N with tert-alkyl or cyclic N) is 1. The molecule has 1 saturated carbocycles. The average Bonchev–Trinajstić information content (AvgIpc) is 3.39. The van der Waals surface area contributed by atoms with Crippen molar-refractivity contribution in [1.82, 2.24) is 4.57 Å². The second-order valence-corrected chi connectivity index (χ2v) is 8.07. The van der Waals surface area contributed by atoms with Crippen LogP contribution < -0.4 is 10.3 Å². The maximum atomic E-state index is 15.1. The molecule has 0 radical (unpaired) electrons. The zero-order valence-electron chi connectivity index (χ0n) is 15.5. The number of carbonyl (C=O) groups is 1. The van der Waals surface area contributed by atoms with Gasteiger partial charge in [0.1, 0.15) is 11.4 Å². The molecule has 1 aromatic carbocycles. The molecule has 2 N–H and O–H groups in total. The van der Waals surface area contributed by atoms with E-state index in [9.17, 15) is 19.8 Å². The molecule has 27 heavy (non-hydrogen) atoms. The maximum Gasteiger partial charge on any atom is 0.341 e. The highest BCUT2D eigenvalue weighted by molar-refractivity contribution is 5.95. The number of piperidine rings is 1. The van der Waals surface area contributed by atoms with Gasteiger partial charge in [0.25, 0.3) is 0 Å².